The Morgan fingerprint density at radius 3 is 1.65 bits per heavy atom. The van der Waals surface area contributed by atoms with Gasteiger partial charge < -0.3 is 10.1 Å². The van der Waals surface area contributed by atoms with Crippen molar-refractivity contribution in [2.75, 3.05) is 7.11 Å². The molecule has 1 N–H and O–H groups in total. The van der Waals surface area contributed by atoms with E-state index in [1.54, 1.807) is 0 Å². The van der Waals surface area contributed by atoms with Gasteiger partial charge in [0.1, 0.15) is 6.04 Å². The summed E-state index contributed by atoms with van der Waals surface area (Å²) in [5, 5.41) is 3.00. The molecule has 0 heterocycles. The highest BCUT2D eigenvalue weighted by molar-refractivity contribution is 5.86. The lowest BCUT2D eigenvalue weighted by Crippen LogP contribution is -2.46. The van der Waals surface area contributed by atoms with E-state index < -0.39 is 17.4 Å². The molecule has 0 aliphatic carbocycles. The lowest BCUT2D eigenvalue weighted by atomic mass is 9.67. The van der Waals surface area contributed by atoms with Gasteiger partial charge in [-0.2, -0.15) is 0 Å². The second-order valence-electron chi connectivity index (χ2n) is 9.45. The van der Waals surface area contributed by atoms with Crippen LogP contribution in [-0.4, -0.2) is 25.0 Å². The van der Waals surface area contributed by atoms with Gasteiger partial charge in [0.05, 0.1) is 12.5 Å². The number of nitrogens with one attached hydrogen (secondary N) is 1. The molecule has 4 aromatic carbocycles. The van der Waals surface area contributed by atoms with Gasteiger partial charge in [-0.05, 0) is 47.2 Å². The van der Waals surface area contributed by atoms with E-state index in [1.165, 1.54) is 12.7 Å². The molecule has 1 amide bonds. The molecular weight excluding hydrogens is 458 g/mol. The predicted molar refractivity (Wildman–Crippen MR) is 147 cm³/mol. The molecular formula is C33H33NO3. The molecule has 0 unspecified atom stereocenters. The molecule has 0 aromatic heterocycles. The van der Waals surface area contributed by atoms with Crippen molar-refractivity contribution in [3.63, 3.8) is 0 Å². The number of ether oxygens (including phenoxy) is 1. The third-order valence-electron chi connectivity index (χ3n) is 7.06. The third-order valence-corrected chi connectivity index (χ3v) is 7.06. The average Bonchev–Trinajstić information content (AvgIpc) is 2.94. The summed E-state index contributed by atoms with van der Waals surface area (Å²) in [4.78, 5) is 26.5. The first-order chi connectivity index (χ1) is 17.9. The quantitative estimate of drug-likeness (QED) is 0.233. The number of rotatable bonds is 9. The number of methoxy groups -OCH3 is 1. The van der Waals surface area contributed by atoms with Gasteiger partial charge in [0.2, 0.25) is 5.91 Å². The van der Waals surface area contributed by atoms with Crippen molar-refractivity contribution < 1.29 is 14.3 Å². The van der Waals surface area contributed by atoms with Crippen molar-refractivity contribution in [2.45, 2.75) is 38.1 Å². The molecule has 0 saturated carbocycles. The Hall–Kier alpha value is -4.18. The Kier molecular flexibility index (Phi) is 8.19. The lowest BCUT2D eigenvalue weighted by molar-refractivity contribution is -0.145. The molecule has 0 bridgehead atoms. The maximum Gasteiger partial charge on any atom is 0.328 e. The van der Waals surface area contributed by atoms with E-state index >= 15 is 0 Å². The second-order valence-corrected chi connectivity index (χ2v) is 9.45. The molecule has 1 atom stereocenters. The zero-order chi connectivity index (χ0) is 26.3. The normalized spacial score (nSPS) is 12.0. The Bertz CT molecular complexity index is 1240. The van der Waals surface area contributed by atoms with E-state index in [0.29, 0.717) is 6.42 Å². The minimum atomic E-state index is -0.792. The van der Waals surface area contributed by atoms with Gasteiger partial charge in [-0.15, -0.1) is 0 Å². The van der Waals surface area contributed by atoms with Crippen LogP contribution in [0.1, 0.15) is 39.8 Å². The minimum absolute atomic E-state index is 0.130. The molecule has 37 heavy (non-hydrogen) atoms. The Balaban J connectivity index is 1.73. The summed E-state index contributed by atoms with van der Waals surface area (Å²) in [6, 6.07) is 35.5. The summed E-state index contributed by atoms with van der Waals surface area (Å²) in [7, 11) is 1.35. The minimum Gasteiger partial charge on any atom is -0.467 e. The molecule has 4 nitrogen and oxygen atoms in total. The van der Waals surface area contributed by atoms with Crippen LogP contribution in [0.2, 0.25) is 0 Å². The highest BCUT2D eigenvalue weighted by Crippen LogP contribution is 2.42. The highest BCUT2D eigenvalue weighted by atomic mass is 16.5. The fourth-order valence-corrected chi connectivity index (χ4v) is 4.96. The topological polar surface area (TPSA) is 55.4 Å². The Labute approximate surface area is 219 Å². The summed E-state index contributed by atoms with van der Waals surface area (Å²) in [5.41, 5.74) is 5.57. The molecule has 0 aliphatic heterocycles. The summed E-state index contributed by atoms with van der Waals surface area (Å²) >= 11 is 0. The van der Waals surface area contributed by atoms with E-state index in [4.69, 9.17) is 4.74 Å². The molecule has 0 spiro atoms. The van der Waals surface area contributed by atoms with Gasteiger partial charge >= 0.3 is 5.97 Å². The van der Waals surface area contributed by atoms with Crippen LogP contribution in [-0.2, 0) is 26.2 Å². The standard InChI is InChI=1S/C33H33NO3/c1-24-19-20-26(21-25(24)2)22-30(32(36)37-3)34-31(35)23-33(27-13-7-4-8-14-27,28-15-9-5-10-16-28)29-17-11-6-12-18-29/h4-21,30H,22-23H2,1-3H3,(H,34,35)/t30-/m1/s1. The molecule has 0 radical (unpaired) electrons. The van der Waals surface area contributed by atoms with Gasteiger partial charge in [0.15, 0.2) is 0 Å². The van der Waals surface area contributed by atoms with Gasteiger partial charge in [-0.25, -0.2) is 4.79 Å². The first kappa shape index (κ1) is 25.9. The smallest absolute Gasteiger partial charge is 0.328 e. The second kappa shape index (κ2) is 11.7. The first-order valence-electron chi connectivity index (χ1n) is 12.5. The monoisotopic (exact) mass is 491 g/mol. The summed E-state index contributed by atoms with van der Waals surface area (Å²) in [6.07, 6.45) is 0.486. The Morgan fingerprint density at radius 2 is 1.22 bits per heavy atom. The van der Waals surface area contributed by atoms with Crippen LogP contribution >= 0.6 is 0 Å². The number of hydrogen-bond donors (Lipinski definition) is 1. The molecule has 0 saturated heterocycles. The zero-order valence-electron chi connectivity index (χ0n) is 21.6. The molecule has 0 fully saturated rings. The molecule has 4 aromatic rings. The van der Waals surface area contributed by atoms with Gasteiger partial charge in [-0.3, -0.25) is 4.79 Å². The van der Waals surface area contributed by atoms with Crippen molar-refractivity contribution in [1.82, 2.24) is 5.32 Å². The SMILES string of the molecule is COC(=O)[C@@H](Cc1ccc(C)c(C)c1)NC(=O)CC(c1ccccc1)(c1ccccc1)c1ccccc1. The first-order valence-corrected chi connectivity index (χ1v) is 12.5. The number of amides is 1. The number of benzene rings is 4. The summed E-state index contributed by atoms with van der Waals surface area (Å²) in [6.45, 7) is 4.09. The molecule has 4 heteroatoms. The van der Waals surface area contributed by atoms with Crippen LogP contribution in [0.4, 0.5) is 0 Å². The fourth-order valence-electron chi connectivity index (χ4n) is 4.96. The predicted octanol–water partition coefficient (Wildman–Crippen LogP) is 5.93. The largest absolute Gasteiger partial charge is 0.467 e. The van der Waals surface area contributed by atoms with Crippen LogP contribution in [0.5, 0.6) is 0 Å². The lowest BCUT2D eigenvalue weighted by Gasteiger charge is -2.36. The number of carbonyl (C=O) groups is 2. The third kappa shape index (κ3) is 5.80. The zero-order valence-corrected chi connectivity index (χ0v) is 21.6. The summed E-state index contributed by atoms with van der Waals surface area (Å²) in [5.74, 6) is -0.688. The van der Waals surface area contributed by atoms with Crippen molar-refractivity contribution in [2.24, 2.45) is 0 Å². The number of carbonyl (C=O) groups excluding carboxylic acids is 2. The van der Waals surface area contributed by atoms with E-state index in [9.17, 15) is 9.59 Å². The maximum absolute atomic E-state index is 13.8. The fraction of sp³-hybridized carbons (Fsp3) is 0.212. The molecule has 188 valence electrons. The van der Waals surface area contributed by atoms with E-state index in [-0.39, 0.29) is 12.3 Å². The van der Waals surface area contributed by atoms with Crippen molar-refractivity contribution in [1.29, 1.82) is 0 Å². The van der Waals surface area contributed by atoms with Crippen molar-refractivity contribution in [3.05, 3.63) is 143 Å². The van der Waals surface area contributed by atoms with Crippen molar-refractivity contribution in [3.8, 4) is 0 Å². The van der Waals surface area contributed by atoms with Gasteiger partial charge in [0, 0.05) is 12.8 Å². The average molecular weight is 492 g/mol. The van der Waals surface area contributed by atoms with E-state index in [1.807, 2.05) is 73.7 Å². The molecule has 0 aliphatic rings. The maximum atomic E-state index is 13.8. The van der Waals surface area contributed by atoms with E-state index in [2.05, 4.69) is 54.7 Å². The number of hydrogen-bond acceptors (Lipinski definition) is 3. The Morgan fingerprint density at radius 1 is 0.730 bits per heavy atom. The molecule has 4 rings (SSSR count). The summed E-state index contributed by atoms with van der Waals surface area (Å²) < 4.78 is 5.07. The van der Waals surface area contributed by atoms with E-state index in [0.717, 1.165) is 27.8 Å². The number of esters is 1. The highest BCUT2D eigenvalue weighted by Gasteiger charge is 2.39. The van der Waals surface area contributed by atoms with Crippen LogP contribution in [0.3, 0.4) is 0 Å². The van der Waals surface area contributed by atoms with Gasteiger partial charge in [0.25, 0.3) is 0 Å². The van der Waals surface area contributed by atoms with Crippen LogP contribution in [0.25, 0.3) is 0 Å². The van der Waals surface area contributed by atoms with Crippen LogP contribution in [0.15, 0.2) is 109 Å². The van der Waals surface area contributed by atoms with Gasteiger partial charge in [-0.1, -0.05) is 109 Å². The van der Waals surface area contributed by atoms with Crippen LogP contribution in [0, 0.1) is 13.8 Å². The number of aryl methyl sites for hydroxylation is 2. The van der Waals surface area contributed by atoms with Crippen molar-refractivity contribution >= 4 is 11.9 Å². The van der Waals surface area contributed by atoms with Crippen LogP contribution < -0.4 is 5.32 Å².